The van der Waals surface area contributed by atoms with Gasteiger partial charge in [-0.15, -0.1) is 0 Å². The highest BCUT2D eigenvalue weighted by atomic mass is 14.9. The van der Waals surface area contributed by atoms with Crippen LogP contribution in [0.15, 0.2) is 80.0 Å². The summed E-state index contributed by atoms with van der Waals surface area (Å²) in [5, 5.41) is 6.55. The van der Waals surface area contributed by atoms with Crippen LogP contribution in [-0.4, -0.2) is 17.0 Å². The van der Waals surface area contributed by atoms with Crippen molar-refractivity contribution in [2.24, 2.45) is 0 Å². The minimum Gasteiger partial charge on any atom is -0.388 e. The van der Waals surface area contributed by atoms with Crippen LogP contribution in [0.4, 0.5) is 11.4 Å². The van der Waals surface area contributed by atoms with E-state index in [1.54, 1.807) is 18.6 Å². The number of benzene rings is 1. The number of allylic oxidation sites excluding steroid dienone is 1. The zero-order valence-electron chi connectivity index (χ0n) is 15.1. The fourth-order valence-electron chi connectivity index (χ4n) is 2.72. The van der Waals surface area contributed by atoms with Gasteiger partial charge in [-0.1, -0.05) is 25.3 Å². The minimum atomic E-state index is 0.737. The molecule has 0 fully saturated rings. The number of anilines is 2. The summed E-state index contributed by atoms with van der Waals surface area (Å²) in [7, 11) is 1.90. The lowest BCUT2D eigenvalue weighted by Gasteiger charge is -2.17. The molecule has 0 aliphatic rings. The minimum absolute atomic E-state index is 0.737. The SMILES string of the molecule is C=C(Nc1cnccc1C)C(=C)c1cc(-c2cccnc2)ccc1NC. The van der Waals surface area contributed by atoms with Crippen molar-refractivity contribution in [1.82, 2.24) is 9.97 Å². The maximum absolute atomic E-state index is 4.26. The van der Waals surface area contributed by atoms with Crippen molar-refractivity contribution >= 4 is 16.9 Å². The van der Waals surface area contributed by atoms with Crippen molar-refractivity contribution in [3.05, 3.63) is 91.2 Å². The fraction of sp³-hybridized carbons (Fsp3) is 0.0909. The molecule has 2 heterocycles. The van der Waals surface area contributed by atoms with Gasteiger partial charge in [0.2, 0.25) is 0 Å². The highest BCUT2D eigenvalue weighted by Crippen LogP contribution is 2.32. The van der Waals surface area contributed by atoms with Crippen molar-refractivity contribution in [2.45, 2.75) is 6.92 Å². The molecule has 3 rings (SSSR count). The third-order valence-corrected chi connectivity index (χ3v) is 4.30. The van der Waals surface area contributed by atoms with E-state index >= 15 is 0 Å². The monoisotopic (exact) mass is 342 g/mol. The van der Waals surface area contributed by atoms with Crippen molar-refractivity contribution in [2.75, 3.05) is 17.7 Å². The van der Waals surface area contributed by atoms with Gasteiger partial charge in [0.25, 0.3) is 0 Å². The van der Waals surface area contributed by atoms with Crippen molar-refractivity contribution in [3.63, 3.8) is 0 Å². The number of rotatable bonds is 6. The standard InChI is InChI=1S/C22H22N4/c1-15-9-11-25-14-22(15)26-17(3)16(2)20-12-18(7-8-21(20)23-4)19-6-5-10-24-13-19/h5-14,23,26H,2-3H2,1,4H3. The lowest BCUT2D eigenvalue weighted by atomic mass is 9.97. The molecule has 4 heteroatoms. The average molecular weight is 342 g/mol. The zero-order chi connectivity index (χ0) is 18.5. The Morgan fingerprint density at radius 1 is 0.923 bits per heavy atom. The van der Waals surface area contributed by atoms with Gasteiger partial charge in [0.1, 0.15) is 0 Å². The van der Waals surface area contributed by atoms with Crippen LogP contribution in [0.5, 0.6) is 0 Å². The van der Waals surface area contributed by atoms with Crippen molar-refractivity contribution in [3.8, 4) is 11.1 Å². The predicted octanol–water partition coefficient (Wildman–Crippen LogP) is 5.13. The Kier molecular flexibility index (Phi) is 5.13. The molecular formula is C22H22N4. The molecule has 0 aliphatic carbocycles. The summed E-state index contributed by atoms with van der Waals surface area (Å²) in [4.78, 5) is 8.37. The smallest absolute Gasteiger partial charge is 0.0600 e. The van der Waals surface area contributed by atoms with E-state index in [0.717, 1.165) is 44.9 Å². The summed E-state index contributed by atoms with van der Waals surface area (Å²) in [5.74, 6) is 0. The van der Waals surface area contributed by atoms with Crippen LogP contribution in [0, 0.1) is 6.92 Å². The number of hydrogen-bond donors (Lipinski definition) is 2. The Balaban J connectivity index is 1.92. The van der Waals surface area contributed by atoms with E-state index in [9.17, 15) is 0 Å². The largest absolute Gasteiger partial charge is 0.388 e. The molecule has 0 saturated heterocycles. The molecule has 0 unspecified atom stereocenters. The zero-order valence-corrected chi connectivity index (χ0v) is 15.1. The first kappa shape index (κ1) is 17.4. The van der Waals surface area contributed by atoms with E-state index in [1.165, 1.54) is 0 Å². The van der Waals surface area contributed by atoms with Gasteiger partial charge in [0, 0.05) is 48.1 Å². The molecule has 1 aromatic carbocycles. The number of nitrogens with zero attached hydrogens (tertiary/aromatic N) is 2. The Labute approximate surface area is 154 Å². The molecule has 4 nitrogen and oxygen atoms in total. The Bertz CT molecular complexity index is 945. The quantitative estimate of drug-likeness (QED) is 0.610. The number of aromatic nitrogens is 2. The molecule has 0 atom stereocenters. The summed E-state index contributed by atoms with van der Waals surface area (Å²) in [6.45, 7) is 10.5. The number of aryl methyl sites for hydroxylation is 1. The summed E-state index contributed by atoms with van der Waals surface area (Å²) in [6.07, 6.45) is 7.19. The molecule has 0 aliphatic heterocycles. The maximum atomic E-state index is 4.26. The van der Waals surface area contributed by atoms with Gasteiger partial charge in [-0.05, 0) is 47.9 Å². The first-order valence-corrected chi connectivity index (χ1v) is 8.38. The highest BCUT2D eigenvalue weighted by Gasteiger charge is 2.11. The first-order valence-electron chi connectivity index (χ1n) is 8.38. The topological polar surface area (TPSA) is 49.8 Å². The van der Waals surface area contributed by atoms with E-state index in [1.807, 2.05) is 44.4 Å². The van der Waals surface area contributed by atoms with E-state index in [0.29, 0.717) is 0 Å². The second-order valence-corrected chi connectivity index (χ2v) is 6.02. The number of nitrogens with one attached hydrogen (secondary N) is 2. The van der Waals surface area contributed by atoms with Crippen LogP contribution in [-0.2, 0) is 0 Å². The molecular weight excluding hydrogens is 320 g/mol. The van der Waals surface area contributed by atoms with E-state index in [2.05, 4.69) is 45.9 Å². The lowest BCUT2D eigenvalue weighted by molar-refractivity contribution is 1.27. The number of hydrogen-bond acceptors (Lipinski definition) is 4. The molecule has 0 saturated carbocycles. The van der Waals surface area contributed by atoms with Gasteiger partial charge in [-0.2, -0.15) is 0 Å². The van der Waals surface area contributed by atoms with Crippen LogP contribution in [0.25, 0.3) is 16.7 Å². The maximum Gasteiger partial charge on any atom is 0.0600 e. The molecule has 130 valence electrons. The van der Waals surface area contributed by atoms with Gasteiger partial charge in [0.05, 0.1) is 11.9 Å². The van der Waals surface area contributed by atoms with Gasteiger partial charge < -0.3 is 10.6 Å². The molecule has 0 bridgehead atoms. The normalized spacial score (nSPS) is 10.2. The fourth-order valence-corrected chi connectivity index (χ4v) is 2.72. The van der Waals surface area contributed by atoms with Crippen LogP contribution in [0.1, 0.15) is 11.1 Å². The molecule has 0 radical (unpaired) electrons. The van der Waals surface area contributed by atoms with Crippen molar-refractivity contribution in [1.29, 1.82) is 0 Å². The predicted molar refractivity (Wildman–Crippen MR) is 110 cm³/mol. The first-order chi connectivity index (χ1) is 12.6. The number of pyridine rings is 2. The van der Waals surface area contributed by atoms with Crippen LogP contribution in [0.3, 0.4) is 0 Å². The van der Waals surface area contributed by atoms with Crippen molar-refractivity contribution < 1.29 is 0 Å². The van der Waals surface area contributed by atoms with Gasteiger partial charge in [-0.25, -0.2) is 0 Å². The molecule has 26 heavy (non-hydrogen) atoms. The van der Waals surface area contributed by atoms with E-state index in [-0.39, 0.29) is 0 Å². The summed E-state index contributed by atoms with van der Waals surface area (Å²) >= 11 is 0. The van der Waals surface area contributed by atoms with Crippen LogP contribution >= 0.6 is 0 Å². The summed E-state index contributed by atoms with van der Waals surface area (Å²) in [5.41, 5.74) is 7.72. The Morgan fingerprint density at radius 2 is 1.73 bits per heavy atom. The Morgan fingerprint density at radius 3 is 2.42 bits per heavy atom. The summed E-state index contributed by atoms with van der Waals surface area (Å²) < 4.78 is 0. The van der Waals surface area contributed by atoms with Gasteiger partial charge in [0.15, 0.2) is 0 Å². The van der Waals surface area contributed by atoms with Crippen LogP contribution < -0.4 is 10.6 Å². The average Bonchev–Trinajstić information content (AvgIpc) is 2.69. The third-order valence-electron chi connectivity index (χ3n) is 4.30. The van der Waals surface area contributed by atoms with Gasteiger partial charge >= 0.3 is 0 Å². The second kappa shape index (κ2) is 7.66. The molecule has 0 amide bonds. The van der Waals surface area contributed by atoms with E-state index in [4.69, 9.17) is 0 Å². The molecule has 3 aromatic rings. The molecule has 2 aromatic heterocycles. The third kappa shape index (κ3) is 3.64. The molecule has 2 N–H and O–H groups in total. The lowest BCUT2D eigenvalue weighted by Crippen LogP contribution is -2.04. The van der Waals surface area contributed by atoms with E-state index < -0.39 is 0 Å². The summed E-state index contributed by atoms with van der Waals surface area (Å²) in [6, 6.07) is 12.2. The highest BCUT2D eigenvalue weighted by molar-refractivity contribution is 5.88. The van der Waals surface area contributed by atoms with Crippen LogP contribution in [0.2, 0.25) is 0 Å². The Hall–Kier alpha value is -3.40. The second-order valence-electron chi connectivity index (χ2n) is 6.02. The molecule has 0 spiro atoms. The van der Waals surface area contributed by atoms with Gasteiger partial charge in [-0.3, -0.25) is 9.97 Å².